The zero-order valence-corrected chi connectivity index (χ0v) is 23.6. The van der Waals surface area contributed by atoms with Gasteiger partial charge in [-0.3, -0.25) is 14.8 Å². The van der Waals surface area contributed by atoms with Gasteiger partial charge in [-0.1, -0.05) is 0 Å². The van der Waals surface area contributed by atoms with Gasteiger partial charge in [0.15, 0.2) is 0 Å². The third-order valence-electron chi connectivity index (χ3n) is 10.1. The molecule has 8 atom stereocenters. The highest BCUT2D eigenvalue weighted by atomic mass is 19.4. The molecule has 0 bridgehead atoms. The maximum atomic E-state index is 14.1. The lowest BCUT2D eigenvalue weighted by molar-refractivity contribution is -0.194. The highest BCUT2D eigenvalue weighted by molar-refractivity contribution is 5.79. The Labute approximate surface area is 234 Å². The van der Waals surface area contributed by atoms with Gasteiger partial charge in [-0.25, -0.2) is 0 Å². The Kier molecular flexibility index (Phi) is 9.31. The predicted molar refractivity (Wildman–Crippen MR) is 141 cm³/mol. The first-order chi connectivity index (χ1) is 19.2. The molecule has 8 nitrogen and oxygen atoms in total. The molecule has 1 amide bonds. The Morgan fingerprint density at radius 2 is 1.82 bits per heavy atom. The van der Waals surface area contributed by atoms with Crippen LogP contribution in [-0.2, 0) is 20.8 Å². The number of amides is 1. The molecule has 1 saturated heterocycles. The lowest BCUT2D eigenvalue weighted by Gasteiger charge is -2.44. The molecule has 3 aliphatic carbocycles. The molecule has 0 radical (unpaired) electrons. The van der Waals surface area contributed by atoms with E-state index in [0.29, 0.717) is 44.7 Å². The van der Waals surface area contributed by atoms with E-state index in [1.54, 1.807) is 25.0 Å². The molecule has 3 saturated carbocycles. The number of aromatic nitrogens is 1. The number of oxazole rings is 1. The van der Waals surface area contributed by atoms with E-state index in [2.05, 4.69) is 10.6 Å². The smallest absolute Gasteiger partial charge is 0.393 e. The molecule has 1 aromatic heterocycles. The molecular weight excluding hydrogens is 525 g/mol. The number of hydrogen-bond acceptors (Lipinski definition) is 6. The molecule has 4 aliphatic rings. The molecule has 0 spiro atoms. The van der Waals surface area contributed by atoms with Crippen molar-refractivity contribution in [2.45, 2.75) is 101 Å². The summed E-state index contributed by atoms with van der Waals surface area (Å²) in [7, 11) is 3.45. The van der Waals surface area contributed by atoms with Gasteiger partial charge in [0.1, 0.15) is 6.26 Å². The van der Waals surface area contributed by atoms with Crippen molar-refractivity contribution in [3.8, 4) is 0 Å². The third kappa shape index (κ3) is 6.95. The SMILES string of the molecule is COC1CC(OC)CC([C@@H](NC(=O)C2CC(Cn3ccoc3=N)CC(C3NCCCC3C(F)(F)F)C2)C2CC2)C1. The number of methoxy groups -OCH3 is 2. The minimum Gasteiger partial charge on any atom is -0.432 e. The number of alkyl halides is 3. The number of nitrogens with zero attached hydrogens (tertiary/aromatic N) is 1. The number of nitrogens with one attached hydrogen (secondary N) is 3. The van der Waals surface area contributed by atoms with Crippen molar-refractivity contribution in [2.75, 3.05) is 20.8 Å². The summed E-state index contributed by atoms with van der Waals surface area (Å²) in [5, 5.41) is 14.6. The Balaban J connectivity index is 1.34. The summed E-state index contributed by atoms with van der Waals surface area (Å²) in [6, 6.07) is -0.667. The summed E-state index contributed by atoms with van der Waals surface area (Å²) in [4.78, 5) is 13.9. The van der Waals surface area contributed by atoms with Crippen LogP contribution in [0.5, 0.6) is 0 Å². The lowest BCUT2D eigenvalue weighted by Crippen LogP contribution is -2.54. The van der Waals surface area contributed by atoms with Crippen molar-refractivity contribution < 1.29 is 31.9 Å². The molecule has 0 aromatic carbocycles. The number of halogens is 3. The van der Waals surface area contributed by atoms with E-state index >= 15 is 0 Å². The van der Waals surface area contributed by atoms with E-state index < -0.39 is 18.1 Å². The largest absolute Gasteiger partial charge is 0.432 e. The molecule has 40 heavy (non-hydrogen) atoms. The number of ether oxygens (including phenoxy) is 2. The Morgan fingerprint density at radius 1 is 1.10 bits per heavy atom. The Morgan fingerprint density at radius 3 is 2.42 bits per heavy atom. The highest BCUT2D eigenvalue weighted by Gasteiger charge is 2.50. The summed E-state index contributed by atoms with van der Waals surface area (Å²) >= 11 is 0. The van der Waals surface area contributed by atoms with Gasteiger partial charge >= 0.3 is 6.18 Å². The summed E-state index contributed by atoms with van der Waals surface area (Å²) in [5.74, 6) is -1.43. The molecule has 5 rings (SSSR count). The lowest BCUT2D eigenvalue weighted by atomic mass is 9.68. The third-order valence-corrected chi connectivity index (χ3v) is 10.1. The number of rotatable bonds is 9. The van der Waals surface area contributed by atoms with E-state index in [1.807, 2.05) is 0 Å². The van der Waals surface area contributed by atoms with Crippen molar-refractivity contribution in [3.05, 3.63) is 18.1 Å². The molecular formula is C29H45F3N4O4. The quantitative estimate of drug-likeness (QED) is 0.412. The van der Waals surface area contributed by atoms with Crippen molar-refractivity contribution in [2.24, 2.45) is 35.5 Å². The first-order valence-corrected chi connectivity index (χ1v) is 15.0. The maximum Gasteiger partial charge on any atom is 0.393 e. The molecule has 11 heteroatoms. The summed E-state index contributed by atoms with van der Waals surface area (Å²) in [6.07, 6.45) is 6.03. The zero-order chi connectivity index (χ0) is 28.4. The van der Waals surface area contributed by atoms with Crippen LogP contribution in [-0.4, -0.2) is 61.7 Å². The molecule has 1 aliphatic heterocycles. The van der Waals surface area contributed by atoms with Gasteiger partial charge in [0.2, 0.25) is 5.91 Å². The molecule has 4 fully saturated rings. The zero-order valence-electron chi connectivity index (χ0n) is 23.6. The van der Waals surface area contributed by atoms with E-state index in [1.165, 1.54) is 6.26 Å². The second-order valence-corrected chi connectivity index (χ2v) is 12.7. The van der Waals surface area contributed by atoms with Crippen LogP contribution < -0.4 is 16.3 Å². The molecule has 7 unspecified atom stereocenters. The number of carbonyl (C=O) groups is 1. The maximum absolute atomic E-state index is 14.1. The van der Waals surface area contributed by atoms with Crippen LogP contribution in [0.25, 0.3) is 0 Å². The van der Waals surface area contributed by atoms with E-state index in [4.69, 9.17) is 19.3 Å². The minimum absolute atomic E-state index is 0.0126. The van der Waals surface area contributed by atoms with E-state index in [9.17, 15) is 18.0 Å². The van der Waals surface area contributed by atoms with E-state index in [-0.39, 0.29) is 59.9 Å². The molecule has 2 heterocycles. The normalized spacial score (nSPS) is 36.2. The van der Waals surface area contributed by atoms with Gasteiger partial charge in [0, 0.05) is 45.0 Å². The fourth-order valence-corrected chi connectivity index (χ4v) is 7.94. The topological polar surface area (TPSA) is 102 Å². The standard InChI is InChI=1S/C29H45F3N4O4/c1-38-22-13-20(14-23(15-22)39-2)25(18-5-6-18)35-27(37)21-11-17(16-36-8-9-40-28(36)33)10-19(12-21)26-24(29(30,31)32)4-3-7-34-26/h8-9,17-26,33-34H,3-7,10-16H2,1-2H3,(H,35,37)/t17?,19?,20?,21?,22?,23?,24?,25-,26?/m0/s1. The number of hydrogen-bond donors (Lipinski definition) is 3. The average molecular weight is 571 g/mol. The van der Waals surface area contributed by atoms with Crippen molar-refractivity contribution >= 4 is 5.91 Å². The van der Waals surface area contributed by atoms with Gasteiger partial charge in [-0.05, 0) is 94.4 Å². The van der Waals surface area contributed by atoms with Crippen LogP contribution in [0.3, 0.4) is 0 Å². The molecule has 3 N–H and O–H groups in total. The van der Waals surface area contributed by atoms with Gasteiger partial charge in [0.25, 0.3) is 5.68 Å². The summed E-state index contributed by atoms with van der Waals surface area (Å²) in [6.45, 7) is 1.02. The van der Waals surface area contributed by atoms with Crippen molar-refractivity contribution in [3.63, 3.8) is 0 Å². The van der Waals surface area contributed by atoms with Crippen LogP contribution in [0.4, 0.5) is 13.2 Å². The predicted octanol–water partition coefficient (Wildman–Crippen LogP) is 4.25. The molecule has 1 aromatic rings. The summed E-state index contributed by atoms with van der Waals surface area (Å²) in [5.41, 5.74) is 0.0126. The van der Waals surface area contributed by atoms with Crippen LogP contribution in [0, 0.1) is 40.9 Å². The first-order valence-electron chi connectivity index (χ1n) is 15.0. The minimum atomic E-state index is -4.27. The average Bonchev–Trinajstić information content (AvgIpc) is 3.72. The van der Waals surface area contributed by atoms with Gasteiger partial charge < -0.3 is 24.5 Å². The highest BCUT2D eigenvalue weighted by Crippen LogP contribution is 2.45. The van der Waals surface area contributed by atoms with Gasteiger partial charge in [0.05, 0.1) is 18.1 Å². The monoisotopic (exact) mass is 570 g/mol. The van der Waals surface area contributed by atoms with Crippen molar-refractivity contribution in [1.29, 1.82) is 5.41 Å². The fourth-order valence-electron chi connectivity index (χ4n) is 7.94. The first kappa shape index (κ1) is 29.6. The van der Waals surface area contributed by atoms with Crippen LogP contribution in [0.15, 0.2) is 16.9 Å². The summed E-state index contributed by atoms with van der Waals surface area (Å²) < 4.78 is 60.4. The Bertz CT molecular complexity index is 1030. The van der Waals surface area contributed by atoms with Crippen LogP contribution in [0.2, 0.25) is 0 Å². The van der Waals surface area contributed by atoms with Gasteiger partial charge in [-0.2, -0.15) is 13.2 Å². The van der Waals surface area contributed by atoms with Crippen molar-refractivity contribution in [1.82, 2.24) is 15.2 Å². The number of piperidine rings is 1. The van der Waals surface area contributed by atoms with Crippen LogP contribution in [0.1, 0.15) is 64.2 Å². The molecule has 226 valence electrons. The van der Waals surface area contributed by atoms with Gasteiger partial charge in [-0.15, -0.1) is 0 Å². The van der Waals surface area contributed by atoms with E-state index in [0.717, 1.165) is 32.1 Å². The van der Waals surface area contributed by atoms with Crippen LogP contribution >= 0.6 is 0 Å². The Hall–Kier alpha value is -1.85. The number of carbonyl (C=O) groups excluding carboxylic acids is 1. The second kappa shape index (κ2) is 12.6. The second-order valence-electron chi connectivity index (χ2n) is 12.7. The fraction of sp³-hybridized carbons (Fsp3) is 0.862.